The van der Waals surface area contributed by atoms with Crippen molar-refractivity contribution in [1.82, 2.24) is 4.98 Å². The second kappa shape index (κ2) is 2.68. The van der Waals surface area contributed by atoms with E-state index in [2.05, 4.69) is 9.83 Å². The van der Waals surface area contributed by atoms with Gasteiger partial charge in [0.2, 0.25) is 5.15 Å². The molecular weight excluding hydrogens is 148 g/mol. The molecule has 0 aliphatic carbocycles. The summed E-state index contributed by atoms with van der Waals surface area (Å²) in [4.78, 5) is 6.63. The zero-order valence-electron chi connectivity index (χ0n) is 7.93. The summed E-state index contributed by atoms with van der Waals surface area (Å²) < 4.78 is 21.2. The molecule has 0 amide bonds. The minimum atomic E-state index is -2.27. The Bertz CT molecular complexity index is 367. The fourth-order valence-corrected chi connectivity index (χ4v) is 0.637. The first-order valence-corrected chi connectivity index (χ1v) is 2.87. The zero-order valence-corrected chi connectivity index (χ0v) is 5.68. The molecule has 0 atom stereocenters. The number of aryl methyl sites for hydroxylation is 1. The molecule has 1 heterocycles. The Morgan fingerprint density at radius 1 is 1.80 bits per heavy atom. The molecule has 2 nitrogen and oxygen atoms in total. The van der Waals surface area contributed by atoms with Crippen LogP contribution in [0.3, 0.4) is 0 Å². The third-order valence-corrected chi connectivity index (χ3v) is 1.24. The van der Waals surface area contributed by atoms with Crippen molar-refractivity contribution in [2.24, 2.45) is 0 Å². The molecule has 50 valence electrons. The van der Waals surface area contributed by atoms with E-state index in [1.54, 1.807) is 0 Å². The van der Waals surface area contributed by atoms with Gasteiger partial charge in [0.15, 0.2) is 0 Å². The predicted molar refractivity (Wildman–Crippen MR) is 40.2 cm³/mol. The van der Waals surface area contributed by atoms with E-state index in [0.717, 1.165) is 0 Å². The second-order valence-corrected chi connectivity index (χ2v) is 1.98. The van der Waals surface area contributed by atoms with Crippen LogP contribution in [-0.4, -0.2) is 4.98 Å². The van der Waals surface area contributed by atoms with E-state index in [1.807, 2.05) is 0 Å². The van der Waals surface area contributed by atoms with Gasteiger partial charge in [0, 0.05) is 9.68 Å². The minimum absolute atomic E-state index is 0.0263. The van der Waals surface area contributed by atoms with Gasteiger partial charge in [-0.3, -0.25) is 0 Å². The maximum Gasteiger partial charge on any atom is 0.271 e. The quantitative estimate of drug-likeness (QED) is 0.416. The molecule has 0 unspecified atom stereocenters. The van der Waals surface area contributed by atoms with E-state index < -0.39 is 6.85 Å². The molecule has 0 saturated carbocycles. The SMILES string of the molecule is [2H]C([2H])([2H])c1ccc([N+]#[C-])nc1Cl. The summed E-state index contributed by atoms with van der Waals surface area (Å²) in [7, 11) is 0. The Labute approximate surface area is 68.5 Å². The minimum Gasteiger partial charge on any atom is -0.361 e. The van der Waals surface area contributed by atoms with Gasteiger partial charge in [0.25, 0.3) is 5.82 Å². The first kappa shape index (κ1) is 3.95. The van der Waals surface area contributed by atoms with Gasteiger partial charge in [-0.2, -0.15) is 0 Å². The van der Waals surface area contributed by atoms with Gasteiger partial charge in [-0.15, -0.1) is 4.98 Å². The van der Waals surface area contributed by atoms with Crippen LogP contribution in [-0.2, 0) is 0 Å². The highest BCUT2D eigenvalue weighted by molar-refractivity contribution is 6.30. The van der Waals surface area contributed by atoms with Crippen molar-refractivity contribution in [2.45, 2.75) is 6.85 Å². The smallest absolute Gasteiger partial charge is 0.271 e. The van der Waals surface area contributed by atoms with Crippen molar-refractivity contribution in [3.8, 4) is 0 Å². The number of halogens is 1. The highest BCUT2D eigenvalue weighted by Crippen LogP contribution is 2.16. The number of hydrogen-bond donors (Lipinski definition) is 0. The van der Waals surface area contributed by atoms with Crippen LogP contribution in [0.1, 0.15) is 9.68 Å². The lowest BCUT2D eigenvalue weighted by Gasteiger charge is -1.90. The van der Waals surface area contributed by atoms with Crippen molar-refractivity contribution in [1.29, 1.82) is 0 Å². The molecule has 3 heteroatoms. The number of hydrogen-bond acceptors (Lipinski definition) is 1. The van der Waals surface area contributed by atoms with E-state index in [1.165, 1.54) is 12.1 Å². The normalized spacial score (nSPS) is 14.6. The molecule has 0 N–H and O–H groups in total. The largest absolute Gasteiger partial charge is 0.361 e. The number of pyridine rings is 1. The molecule has 0 radical (unpaired) electrons. The molecule has 0 aliphatic rings. The van der Waals surface area contributed by atoms with Crippen molar-refractivity contribution in [3.63, 3.8) is 0 Å². The number of nitrogens with zero attached hydrogens (tertiary/aromatic N) is 2. The second-order valence-electron chi connectivity index (χ2n) is 1.62. The van der Waals surface area contributed by atoms with Crippen molar-refractivity contribution in [3.05, 3.63) is 34.3 Å². The van der Waals surface area contributed by atoms with Crippen LogP contribution in [0.4, 0.5) is 5.82 Å². The molecule has 1 aromatic rings. The van der Waals surface area contributed by atoms with E-state index in [4.69, 9.17) is 22.3 Å². The molecule has 0 saturated heterocycles. The topological polar surface area (TPSA) is 17.2 Å². The van der Waals surface area contributed by atoms with Gasteiger partial charge >= 0.3 is 0 Å². The zero-order chi connectivity index (χ0) is 10.1. The summed E-state index contributed by atoms with van der Waals surface area (Å²) in [6.45, 7) is 4.36. The van der Waals surface area contributed by atoms with E-state index >= 15 is 0 Å². The summed E-state index contributed by atoms with van der Waals surface area (Å²) in [6.07, 6.45) is 0. The Hall–Kier alpha value is -1.07. The maximum atomic E-state index is 7.07. The third-order valence-electron chi connectivity index (χ3n) is 0.949. The molecule has 1 rings (SSSR count). The standard InChI is InChI=1S/C7H5ClN2/c1-5-3-4-6(9-2)10-7(5)8/h3-4H,1H3/i1D3. The summed E-state index contributed by atoms with van der Waals surface area (Å²) in [6, 6.07) is 2.64. The van der Waals surface area contributed by atoms with E-state index in [9.17, 15) is 0 Å². The van der Waals surface area contributed by atoms with Crippen LogP contribution in [0.15, 0.2) is 12.1 Å². The summed E-state index contributed by atoms with van der Waals surface area (Å²) >= 11 is 5.58. The highest BCUT2D eigenvalue weighted by atomic mass is 35.5. The van der Waals surface area contributed by atoms with Crippen LogP contribution in [0, 0.1) is 13.4 Å². The third kappa shape index (κ3) is 1.26. The molecule has 0 aromatic carbocycles. The Kier molecular flexibility index (Phi) is 1.06. The van der Waals surface area contributed by atoms with Gasteiger partial charge in [-0.1, -0.05) is 12.6 Å². The monoisotopic (exact) mass is 155 g/mol. The number of rotatable bonds is 0. The summed E-state index contributed by atoms with van der Waals surface area (Å²) in [5.41, 5.74) is -0.0263. The van der Waals surface area contributed by atoms with Crippen molar-refractivity contribution >= 4 is 17.4 Å². The Morgan fingerprint density at radius 3 is 3.10 bits per heavy atom. The highest BCUT2D eigenvalue weighted by Gasteiger charge is 2.00. The van der Waals surface area contributed by atoms with E-state index in [0.29, 0.717) is 0 Å². The fraction of sp³-hybridized carbons (Fsp3) is 0.143. The van der Waals surface area contributed by atoms with Crippen molar-refractivity contribution < 1.29 is 4.11 Å². The van der Waals surface area contributed by atoms with Crippen LogP contribution >= 0.6 is 11.6 Å². The van der Waals surface area contributed by atoms with Gasteiger partial charge in [0.1, 0.15) is 0 Å². The summed E-state index contributed by atoms with van der Waals surface area (Å²) in [5.74, 6) is 0.0954. The lowest BCUT2D eigenvalue weighted by atomic mass is 10.3. The molecule has 0 fully saturated rings. The van der Waals surface area contributed by atoms with Crippen molar-refractivity contribution in [2.75, 3.05) is 0 Å². The Balaban J connectivity index is 3.23. The molecule has 10 heavy (non-hydrogen) atoms. The molecule has 0 bridgehead atoms. The number of aromatic nitrogens is 1. The average molecular weight is 156 g/mol. The van der Waals surface area contributed by atoms with Crippen LogP contribution in [0.5, 0.6) is 0 Å². The molecule has 0 aliphatic heterocycles. The Morgan fingerprint density at radius 2 is 2.60 bits per heavy atom. The van der Waals surface area contributed by atoms with Gasteiger partial charge in [0.05, 0.1) is 0 Å². The lowest BCUT2D eigenvalue weighted by Crippen LogP contribution is -1.78. The van der Waals surface area contributed by atoms with Crippen LogP contribution < -0.4 is 0 Å². The van der Waals surface area contributed by atoms with Gasteiger partial charge < -0.3 is 4.85 Å². The molecule has 1 aromatic heterocycles. The van der Waals surface area contributed by atoms with Gasteiger partial charge in [-0.05, 0) is 24.5 Å². The maximum absolute atomic E-state index is 7.07. The van der Waals surface area contributed by atoms with Crippen LogP contribution in [0.2, 0.25) is 5.15 Å². The predicted octanol–water partition coefficient (Wildman–Crippen LogP) is 2.59. The summed E-state index contributed by atoms with van der Waals surface area (Å²) in [5, 5.41) is -0.131. The van der Waals surface area contributed by atoms with E-state index in [-0.39, 0.29) is 16.5 Å². The fourth-order valence-electron chi connectivity index (χ4n) is 0.487. The molecule has 0 spiro atoms. The molecular formula is C7H5ClN2. The average Bonchev–Trinajstić information content (AvgIpc) is 2.01. The van der Waals surface area contributed by atoms with Gasteiger partial charge in [-0.25, -0.2) is 0 Å². The van der Waals surface area contributed by atoms with Crippen LogP contribution in [0.25, 0.3) is 4.85 Å². The lowest BCUT2D eigenvalue weighted by molar-refractivity contribution is 1.29. The first-order valence-electron chi connectivity index (χ1n) is 3.99. The first-order chi connectivity index (χ1) is 5.95.